The minimum absolute atomic E-state index is 0.392. The second-order valence-electron chi connectivity index (χ2n) is 5.08. The van der Waals surface area contributed by atoms with E-state index in [9.17, 15) is 0 Å². The zero-order chi connectivity index (χ0) is 13.0. The molecule has 0 saturated heterocycles. The van der Waals surface area contributed by atoms with E-state index in [2.05, 4.69) is 73.2 Å². The van der Waals surface area contributed by atoms with Crippen LogP contribution >= 0.6 is 11.3 Å². The van der Waals surface area contributed by atoms with Crippen LogP contribution < -0.4 is 5.32 Å². The molecule has 0 spiro atoms. The Hall–Kier alpha value is -1.12. The van der Waals surface area contributed by atoms with E-state index in [0.29, 0.717) is 18.0 Å². The van der Waals surface area contributed by atoms with Gasteiger partial charge in [-0.05, 0) is 40.8 Å². The molecule has 2 aromatic rings. The van der Waals surface area contributed by atoms with Crippen LogP contribution in [0.4, 0.5) is 0 Å². The van der Waals surface area contributed by atoms with Crippen LogP contribution in [-0.2, 0) is 0 Å². The lowest BCUT2D eigenvalue weighted by molar-refractivity contribution is 0.375. The Kier molecular flexibility index (Phi) is 4.56. The Bertz CT molecular complexity index is 447. The molecule has 0 aliphatic rings. The van der Waals surface area contributed by atoms with Gasteiger partial charge in [0.15, 0.2) is 0 Å². The molecule has 0 amide bonds. The predicted molar refractivity (Wildman–Crippen MR) is 79.9 cm³/mol. The molecule has 0 aliphatic carbocycles. The molecule has 2 unspecified atom stereocenters. The van der Waals surface area contributed by atoms with Crippen LogP contribution in [-0.4, -0.2) is 0 Å². The summed E-state index contributed by atoms with van der Waals surface area (Å²) in [6.07, 6.45) is 0. The fraction of sp³-hybridized carbons (Fsp3) is 0.375. The highest BCUT2D eigenvalue weighted by Crippen LogP contribution is 2.26. The van der Waals surface area contributed by atoms with Crippen LogP contribution in [0.5, 0.6) is 0 Å². The summed E-state index contributed by atoms with van der Waals surface area (Å²) in [6.45, 7) is 6.77. The van der Waals surface area contributed by atoms with Crippen molar-refractivity contribution in [3.05, 3.63) is 58.3 Å². The number of hydrogen-bond acceptors (Lipinski definition) is 2. The Labute approximate surface area is 114 Å². The largest absolute Gasteiger partial charge is 0.303 e. The highest BCUT2D eigenvalue weighted by molar-refractivity contribution is 7.07. The predicted octanol–water partition coefficient (Wildman–Crippen LogP) is 4.80. The molecule has 1 aromatic carbocycles. The second kappa shape index (κ2) is 6.17. The molecule has 2 rings (SSSR count). The molecule has 1 heterocycles. The number of benzene rings is 1. The van der Waals surface area contributed by atoms with Crippen LogP contribution in [0.15, 0.2) is 47.2 Å². The lowest BCUT2D eigenvalue weighted by Crippen LogP contribution is -2.28. The van der Waals surface area contributed by atoms with E-state index in [-0.39, 0.29) is 0 Å². The Morgan fingerprint density at radius 2 is 1.67 bits per heavy atom. The van der Waals surface area contributed by atoms with E-state index in [1.807, 2.05) is 0 Å². The van der Waals surface area contributed by atoms with Gasteiger partial charge < -0.3 is 5.32 Å². The Balaban J connectivity index is 2.12. The second-order valence-corrected chi connectivity index (χ2v) is 5.86. The number of thiophene rings is 1. The molecule has 1 nitrogen and oxygen atoms in total. The van der Waals surface area contributed by atoms with Crippen molar-refractivity contribution in [2.24, 2.45) is 5.92 Å². The van der Waals surface area contributed by atoms with E-state index in [4.69, 9.17) is 0 Å². The molecule has 2 heteroatoms. The first kappa shape index (κ1) is 13.3. The fourth-order valence-electron chi connectivity index (χ4n) is 2.22. The minimum atomic E-state index is 0.392. The average molecular weight is 259 g/mol. The lowest BCUT2D eigenvalue weighted by atomic mass is 9.95. The average Bonchev–Trinajstić information content (AvgIpc) is 2.90. The van der Waals surface area contributed by atoms with Crippen molar-refractivity contribution in [3.63, 3.8) is 0 Å². The minimum Gasteiger partial charge on any atom is -0.303 e. The van der Waals surface area contributed by atoms with Crippen molar-refractivity contribution in [1.29, 1.82) is 0 Å². The molecule has 2 atom stereocenters. The quantitative estimate of drug-likeness (QED) is 0.813. The van der Waals surface area contributed by atoms with Crippen LogP contribution in [0.25, 0.3) is 0 Å². The number of rotatable bonds is 5. The van der Waals surface area contributed by atoms with Gasteiger partial charge in [-0.1, -0.05) is 44.2 Å². The van der Waals surface area contributed by atoms with Gasteiger partial charge in [-0.2, -0.15) is 11.3 Å². The van der Waals surface area contributed by atoms with Crippen molar-refractivity contribution < 1.29 is 0 Å². The molecule has 18 heavy (non-hydrogen) atoms. The SMILES string of the molecule is CC(NC(c1ccccc1)C(C)C)c1ccsc1. The summed E-state index contributed by atoms with van der Waals surface area (Å²) in [6, 6.07) is 13.7. The van der Waals surface area contributed by atoms with Gasteiger partial charge in [0.05, 0.1) is 0 Å². The van der Waals surface area contributed by atoms with Gasteiger partial charge in [-0.3, -0.25) is 0 Å². The molecule has 0 saturated carbocycles. The fourth-order valence-corrected chi connectivity index (χ4v) is 2.97. The molecule has 0 radical (unpaired) electrons. The molecule has 1 aromatic heterocycles. The van der Waals surface area contributed by atoms with Crippen LogP contribution in [0.3, 0.4) is 0 Å². The molecular formula is C16H21NS. The lowest BCUT2D eigenvalue weighted by Gasteiger charge is -2.26. The van der Waals surface area contributed by atoms with Gasteiger partial charge in [0.1, 0.15) is 0 Å². The topological polar surface area (TPSA) is 12.0 Å². The molecule has 96 valence electrons. The summed E-state index contributed by atoms with van der Waals surface area (Å²) < 4.78 is 0. The summed E-state index contributed by atoms with van der Waals surface area (Å²) in [5.41, 5.74) is 2.75. The highest BCUT2D eigenvalue weighted by Gasteiger charge is 2.18. The molecule has 0 fully saturated rings. The van der Waals surface area contributed by atoms with Crippen LogP contribution in [0.2, 0.25) is 0 Å². The molecule has 1 N–H and O–H groups in total. The van der Waals surface area contributed by atoms with Crippen molar-refractivity contribution in [3.8, 4) is 0 Å². The normalized spacial score (nSPS) is 14.7. The third kappa shape index (κ3) is 3.21. The standard InChI is InChI=1S/C16H21NS/c1-12(2)16(14-7-5-4-6-8-14)17-13(3)15-9-10-18-11-15/h4-13,16-17H,1-3H3. The summed E-state index contributed by atoms with van der Waals surface area (Å²) in [4.78, 5) is 0. The van der Waals surface area contributed by atoms with E-state index in [1.165, 1.54) is 11.1 Å². The van der Waals surface area contributed by atoms with Crippen molar-refractivity contribution >= 4 is 11.3 Å². The monoisotopic (exact) mass is 259 g/mol. The first-order valence-corrected chi connectivity index (χ1v) is 7.46. The third-order valence-electron chi connectivity index (χ3n) is 3.30. The van der Waals surface area contributed by atoms with Gasteiger partial charge in [0, 0.05) is 12.1 Å². The Morgan fingerprint density at radius 3 is 2.22 bits per heavy atom. The maximum absolute atomic E-state index is 3.74. The number of nitrogens with one attached hydrogen (secondary N) is 1. The first-order chi connectivity index (χ1) is 8.68. The first-order valence-electron chi connectivity index (χ1n) is 6.51. The van der Waals surface area contributed by atoms with E-state index in [1.54, 1.807) is 11.3 Å². The third-order valence-corrected chi connectivity index (χ3v) is 4.00. The van der Waals surface area contributed by atoms with E-state index >= 15 is 0 Å². The zero-order valence-electron chi connectivity index (χ0n) is 11.3. The van der Waals surface area contributed by atoms with Crippen molar-refractivity contribution in [2.75, 3.05) is 0 Å². The Morgan fingerprint density at radius 1 is 0.944 bits per heavy atom. The zero-order valence-corrected chi connectivity index (χ0v) is 12.1. The van der Waals surface area contributed by atoms with Crippen LogP contribution in [0, 0.1) is 5.92 Å². The van der Waals surface area contributed by atoms with Crippen molar-refractivity contribution in [2.45, 2.75) is 32.9 Å². The molecule has 0 aliphatic heterocycles. The maximum atomic E-state index is 3.74. The maximum Gasteiger partial charge on any atom is 0.0348 e. The molecule has 0 bridgehead atoms. The molecular weight excluding hydrogens is 238 g/mol. The summed E-state index contributed by atoms with van der Waals surface area (Å²) >= 11 is 1.76. The van der Waals surface area contributed by atoms with E-state index in [0.717, 1.165) is 0 Å². The van der Waals surface area contributed by atoms with Gasteiger partial charge >= 0.3 is 0 Å². The van der Waals surface area contributed by atoms with E-state index < -0.39 is 0 Å². The van der Waals surface area contributed by atoms with Crippen molar-refractivity contribution in [1.82, 2.24) is 5.32 Å². The van der Waals surface area contributed by atoms with Gasteiger partial charge in [0.25, 0.3) is 0 Å². The van der Waals surface area contributed by atoms with Gasteiger partial charge in [0.2, 0.25) is 0 Å². The highest BCUT2D eigenvalue weighted by atomic mass is 32.1. The summed E-state index contributed by atoms with van der Waals surface area (Å²) in [7, 11) is 0. The van der Waals surface area contributed by atoms with Crippen LogP contribution in [0.1, 0.15) is 44.0 Å². The van der Waals surface area contributed by atoms with Gasteiger partial charge in [-0.25, -0.2) is 0 Å². The number of hydrogen-bond donors (Lipinski definition) is 1. The summed E-state index contributed by atoms with van der Waals surface area (Å²) in [5.74, 6) is 0.577. The smallest absolute Gasteiger partial charge is 0.0348 e. The summed E-state index contributed by atoms with van der Waals surface area (Å²) in [5, 5.41) is 8.10. The van der Waals surface area contributed by atoms with Gasteiger partial charge in [-0.15, -0.1) is 0 Å².